The Kier molecular flexibility index (Phi) is 8.10. The van der Waals surface area contributed by atoms with Crippen LogP contribution in [0.5, 0.6) is 23.0 Å². The highest BCUT2D eigenvalue weighted by molar-refractivity contribution is 9.10. The molecule has 1 aliphatic heterocycles. The predicted molar refractivity (Wildman–Crippen MR) is 130 cm³/mol. The molecular formula is C26H28BrNO5. The molecule has 1 aliphatic rings. The Balaban J connectivity index is 1.34. The average Bonchev–Trinajstić information content (AvgIpc) is 2.85. The van der Waals surface area contributed by atoms with Gasteiger partial charge in [0.1, 0.15) is 25.9 Å². The molecule has 174 valence electrons. The van der Waals surface area contributed by atoms with Gasteiger partial charge in [0.25, 0.3) is 0 Å². The number of hydrogen-bond donors (Lipinski definition) is 2. The fraction of sp³-hybridized carbons (Fsp3) is 0.308. The van der Waals surface area contributed by atoms with Crippen LogP contribution in [0.25, 0.3) is 0 Å². The van der Waals surface area contributed by atoms with Gasteiger partial charge in [-0.05, 0) is 69.9 Å². The summed E-state index contributed by atoms with van der Waals surface area (Å²) in [6.45, 7) is 2.69. The van der Waals surface area contributed by atoms with Crippen LogP contribution in [0.4, 0.5) is 0 Å². The average molecular weight is 514 g/mol. The summed E-state index contributed by atoms with van der Waals surface area (Å²) in [5.41, 5.74) is 3.09. The maximum absolute atomic E-state index is 10.6. The third-order valence-electron chi connectivity index (χ3n) is 5.39. The molecule has 0 aliphatic carbocycles. The van der Waals surface area contributed by atoms with Crippen LogP contribution in [0.3, 0.4) is 0 Å². The minimum atomic E-state index is -0.822. The molecule has 1 unspecified atom stereocenters. The highest BCUT2D eigenvalue weighted by Gasteiger charge is 2.18. The van der Waals surface area contributed by atoms with Gasteiger partial charge in [-0.3, -0.25) is 0 Å². The summed E-state index contributed by atoms with van der Waals surface area (Å²) < 4.78 is 23.4. The fourth-order valence-corrected chi connectivity index (χ4v) is 4.26. The predicted octanol–water partition coefficient (Wildman–Crippen LogP) is 4.67. The molecule has 2 N–H and O–H groups in total. The van der Waals surface area contributed by atoms with Crippen molar-refractivity contribution in [1.29, 1.82) is 0 Å². The van der Waals surface area contributed by atoms with Gasteiger partial charge in [0, 0.05) is 6.54 Å². The van der Waals surface area contributed by atoms with Crippen LogP contribution in [0.1, 0.15) is 22.8 Å². The highest BCUT2D eigenvalue weighted by atomic mass is 79.9. The van der Waals surface area contributed by atoms with Gasteiger partial charge in [-0.25, -0.2) is 0 Å². The molecule has 3 aromatic rings. The molecule has 7 heteroatoms. The summed E-state index contributed by atoms with van der Waals surface area (Å²) >= 11 is 3.59. The third-order valence-corrected chi connectivity index (χ3v) is 5.98. The molecule has 0 fully saturated rings. The Morgan fingerprint density at radius 3 is 2.58 bits per heavy atom. The van der Waals surface area contributed by atoms with Crippen molar-refractivity contribution in [3.63, 3.8) is 0 Å². The second-order valence-corrected chi connectivity index (χ2v) is 8.61. The van der Waals surface area contributed by atoms with E-state index in [0.29, 0.717) is 48.3 Å². The Morgan fingerprint density at radius 2 is 1.79 bits per heavy atom. The molecule has 1 atom stereocenters. The molecule has 3 aromatic carbocycles. The largest absolute Gasteiger partial charge is 0.493 e. The van der Waals surface area contributed by atoms with Crippen molar-refractivity contribution in [3.8, 4) is 23.0 Å². The van der Waals surface area contributed by atoms with Gasteiger partial charge < -0.3 is 29.4 Å². The Morgan fingerprint density at radius 1 is 1.00 bits per heavy atom. The van der Waals surface area contributed by atoms with E-state index in [-0.39, 0.29) is 6.61 Å². The summed E-state index contributed by atoms with van der Waals surface area (Å²) in [4.78, 5) is 0. The molecule has 0 bridgehead atoms. The first kappa shape index (κ1) is 23.4. The van der Waals surface area contributed by atoms with Crippen LogP contribution in [0, 0.1) is 0 Å². The van der Waals surface area contributed by atoms with Crippen molar-refractivity contribution in [2.75, 3.05) is 33.5 Å². The zero-order valence-electron chi connectivity index (χ0n) is 18.6. The van der Waals surface area contributed by atoms with E-state index in [9.17, 15) is 5.11 Å². The fourth-order valence-electron chi connectivity index (χ4n) is 3.65. The summed E-state index contributed by atoms with van der Waals surface area (Å²) in [6, 6.07) is 19.8. The molecule has 4 rings (SSSR count). The number of nitrogens with one attached hydrogen (secondary N) is 1. The number of benzene rings is 3. The second-order valence-electron chi connectivity index (χ2n) is 7.75. The number of aliphatic hydroxyl groups is 1. The number of hydrogen-bond acceptors (Lipinski definition) is 6. The molecule has 0 spiro atoms. The van der Waals surface area contributed by atoms with E-state index in [2.05, 4.69) is 45.5 Å². The SMILES string of the molecule is COc1cc(CNCCc2ccccc2)cc(Br)c1OCC(O)c1ccc2c(c1)OCCO2. The lowest BCUT2D eigenvalue weighted by Gasteiger charge is -2.21. The Hall–Kier alpha value is -2.74. The lowest BCUT2D eigenvalue weighted by atomic mass is 10.1. The van der Waals surface area contributed by atoms with Crippen molar-refractivity contribution in [3.05, 3.63) is 81.8 Å². The van der Waals surface area contributed by atoms with Crippen molar-refractivity contribution < 1.29 is 24.1 Å². The zero-order chi connectivity index (χ0) is 23.0. The van der Waals surface area contributed by atoms with Crippen LogP contribution >= 0.6 is 15.9 Å². The standard InChI is InChI=1S/C26H28BrNO5/c1-30-25-14-19(16-28-10-9-18-5-3-2-4-6-18)13-21(27)26(25)33-17-22(29)20-7-8-23-24(15-20)32-12-11-31-23/h2-8,13-15,22,28-29H,9-12,16-17H2,1H3. The van der Waals surface area contributed by atoms with Crippen molar-refractivity contribution in [2.45, 2.75) is 19.1 Å². The first-order valence-electron chi connectivity index (χ1n) is 11.0. The molecule has 0 radical (unpaired) electrons. The van der Waals surface area contributed by atoms with Crippen LogP contribution < -0.4 is 24.3 Å². The van der Waals surface area contributed by atoms with E-state index in [4.69, 9.17) is 18.9 Å². The number of methoxy groups -OCH3 is 1. The van der Waals surface area contributed by atoms with Crippen molar-refractivity contribution in [1.82, 2.24) is 5.32 Å². The minimum absolute atomic E-state index is 0.0727. The van der Waals surface area contributed by atoms with Gasteiger partial charge in [0.2, 0.25) is 0 Å². The third kappa shape index (κ3) is 6.19. The van der Waals surface area contributed by atoms with Gasteiger partial charge in [-0.1, -0.05) is 36.4 Å². The molecule has 6 nitrogen and oxygen atoms in total. The van der Waals surface area contributed by atoms with Crippen LogP contribution in [0.15, 0.2) is 65.1 Å². The van der Waals surface area contributed by atoms with Gasteiger partial charge >= 0.3 is 0 Å². The van der Waals surface area contributed by atoms with Gasteiger partial charge in [-0.15, -0.1) is 0 Å². The molecule has 1 heterocycles. The van der Waals surface area contributed by atoms with E-state index < -0.39 is 6.10 Å². The summed E-state index contributed by atoms with van der Waals surface area (Å²) in [6.07, 6.45) is 0.148. The Labute approximate surface area is 202 Å². The van der Waals surface area contributed by atoms with Gasteiger partial charge in [0.05, 0.1) is 11.6 Å². The molecular weight excluding hydrogens is 486 g/mol. The summed E-state index contributed by atoms with van der Waals surface area (Å²) in [5, 5.41) is 14.1. The molecule has 0 amide bonds. The molecule has 33 heavy (non-hydrogen) atoms. The topological polar surface area (TPSA) is 69.2 Å². The number of rotatable bonds is 10. The number of aliphatic hydroxyl groups excluding tert-OH is 1. The zero-order valence-corrected chi connectivity index (χ0v) is 20.1. The van der Waals surface area contributed by atoms with E-state index in [1.807, 2.05) is 30.3 Å². The van der Waals surface area contributed by atoms with E-state index in [1.54, 1.807) is 13.2 Å². The Bertz CT molecular complexity index is 1060. The number of ether oxygens (including phenoxy) is 4. The normalized spacial score (nSPS) is 13.4. The number of halogens is 1. The van der Waals surface area contributed by atoms with Crippen LogP contribution in [-0.4, -0.2) is 38.6 Å². The molecule has 0 aromatic heterocycles. The first-order valence-corrected chi connectivity index (χ1v) is 11.7. The molecule has 0 saturated heterocycles. The highest BCUT2D eigenvalue weighted by Crippen LogP contribution is 2.38. The summed E-state index contributed by atoms with van der Waals surface area (Å²) in [7, 11) is 1.61. The lowest BCUT2D eigenvalue weighted by molar-refractivity contribution is 0.105. The molecule has 0 saturated carbocycles. The lowest BCUT2D eigenvalue weighted by Crippen LogP contribution is -2.17. The maximum atomic E-state index is 10.6. The van der Waals surface area contributed by atoms with Gasteiger partial charge in [-0.2, -0.15) is 0 Å². The van der Waals surface area contributed by atoms with Crippen LogP contribution in [-0.2, 0) is 13.0 Å². The smallest absolute Gasteiger partial charge is 0.175 e. The van der Waals surface area contributed by atoms with Crippen LogP contribution in [0.2, 0.25) is 0 Å². The van der Waals surface area contributed by atoms with Crippen molar-refractivity contribution >= 4 is 15.9 Å². The first-order chi connectivity index (χ1) is 16.1. The van der Waals surface area contributed by atoms with Gasteiger partial charge in [0.15, 0.2) is 23.0 Å². The summed E-state index contributed by atoms with van der Waals surface area (Å²) in [5.74, 6) is 2.50. The second kappa shape index (κ2) is 11.4. The van der Waals surface area contributed by atoms with E-state index in [0.717, 1.165) is 23.0 Å². The maximum Gasteiger partial charge on any atom is 0.175 e. The van der Waals surface area contributed by atoms with Crippen molar-refractivity contribution in [2.24, 2.45) is 0 Å². The quantitative estimate of drug-likeness (QED) is 0.384. The van der Waals surface area contributed by atoms with E-state index in [1.165, 1.54) is 5.56 Å². The van der Waals surface area contributed by atoms with E-state index >= 15 is 0 Å². The number of fused-ring (bicyclic) bond motifs is 1. The minimum Gasteiger partial charge on any atom is -0.493 e. The monoisotopic (exact) mass is 513 g/mol.